The molecule has 3 aromatic heterocycles. The predicted molar refractivity (Wildman–Crippen MR) is 132 cm³/mol. The Morgan fingerprint density at radius 3 is 2.75 bits per heavy atom. The third-order valence-electron chi connectivity index (χ3n) is 6.93. The van der Waals surface area contributed by atoms with Crippen molar-refractivity contribution in [2.24, 2.45) is 11.8 Å². The van der Waals surface area contributed by atoms with Crippen LogP contribution in [0.1, 0.15) is 39.3 Å². The van der Waals surface area contributed by atoms with Gasteiger partial charge in [0.1, 0.15) is 6.33 Å². The van der Waals surface area contributed by atoms with E-state index >= 15 is 0 Å². The average molecular weight is 505 g/mol. The Kier molecular flexibility index (Phi) is 5.63. The number of hydrogen-bond acceptors (Lipinski definition) is 8. The molecule has 2 atom stereocenters. The zero-order valence-corrected chi connectivity index (χ0v) is 20.7. The van der Waals surface area contributed by atoms with E-state index in [0.717, 1.165) is 53.4 Å². The topological polar surface area (TPSA) is 120 Å². The van der Waals surface area contributed by atoms with Gasteiger partial charge in [0.05, 0.1) is 23.5 Å². The number of piperidine rings is 1. The fourth-order valence-electron chi connectivity index (χ4n) is 4.81. The molecule has 0 spiro atoms. The smallest absolute Gasteiger partial charge is 0.255 e. The molecule has 1 amide bonds. The SMILES string of the molecule is Cc1nc(N2CC3CC3C2)ncc1Cn1cc(C(=O)NCc2cc(Cl)ccc2-n2cnnn2)c(C)n1. The number of benzene rings is 1. The Morgan fingerprint density at radius 1 is 1.17 bits per heavy atom. The molecule has 2 aliphatic rings. The van der Waals surface area contributed by atoms with Crippen molar-refractivity contribution in [1.29, 1.82) is 0 Å². The van der Waals surface area contributed by atoms with Gasteiger partial charge in [-0.1, -0.05) is 11.6 Å². The maximum absolute atomic E-state index is 13.0. The highest BCUT2D eigenvalue weighted by Crippen LogP contribution is 2.45. The van der Waals surface area contributed by atoms with Gasteiger partial charge >= 0.3 is 0 Å². The Bertz CT molecular complexity index is 1420. The van der Waals surface area contributed by atoms with Crippen molar-refractivity contribution >= 4 is 23.5 Å². The van der Waals surface area contributed by atoms with Crippen molar-refractivity contribution in [3.8, 4) is 5.69 Å². The highest BCUT2D eigenvalue weighted by Gasteiger charge is 2.45. The summed E-state index contributed by atoms with van der Waals surface area (Å²) in [5.74, 6) is 2.24. The number of nitrogens with zero attached hydrogens (tertiary/aromatic N) is 9. The minimum Gasteiger partial charge on any atom is -0.348 e. The maximum Gasteiger partial charge on any atom is 0.255 e. The fraction of sp³-hybridized carbons (Fsp3) is 0.375. The van der Waals surface area contributed by atoms with Gasteiger partial charge in [-0.3, -0.25) is 9.48 Å². The molecule has 36 heavy (non-hydrogen) atoms. The highest BCUT2D eigenvalue weighted by molar-refractivity contribution is 6.30. The van der Waals surface area contributed by atoms with Crippen LogP contribution in [-0.4, -0.2) is 59.0 Å². The molecule has 184 valence electrons. The van der Waals surface area contributed by atoms with E-state index in [2.05, 4.69) is 35.8 Å². The lowest BCUT2D eigenvalue weighted by Crippen LogP contribution is -2.24. The summed E-state index contributed by atoms with van der Waals surface area (Å²) in [5.41, 5.74) is 4.58. The molecular formula is C24H25ClN10O. The number of aromatic nitrogens is 8. The van der Waals surface area contributed by atoms with Crippen molar-refractivity contribution < 1.29 is 4.79 Å². The van der Waals surface area contributed by atoms with E-state index in [1.54, 1.807) is 23.0 Å². The van der Waals surface area contributed by atoms with Crippen LogP contribution >= 0.6 is 11.6 Å². The van der Waals surface area contributed by atoms with E-state index in [1.807, 2.05) is 26.1 Å². The third kappa shape index (κ3) is 4.41. The molecule has 1 aromatic carbocycles. The summed E-state index contributed by atoms with van der Waals surface area (Å²) >= 11 is 6.18. The Morgan fingerprint density at radius 2 is 2.00 bits per heavy atom. The van der Waals surface area contributed by atoms with Gasteiger partial charge < -0.3 is 10.2 Å². The zero-order valence-electron chi connectivity index (χ0n) is 20.0. The Balaban J connectivity index is 1.13. The van der Waals surface area contributed by atoms with Crippen molar-refractivity contribution in [2.45, 2.75) is 33.4 Å². The number of carbonyl (C=O) groups excluding carboxylic acids is 1. The zero-order chi connectivity index (χ0) is 24.8. The standard InChI is InChI=1S/C24H25ClN10O/c1-14-19(8-27-24(29-14)33-9-17-5-18(17)10-33)11-34-12-21(15(2)30-34)23(36)26-7-16-6-20(25)3-4-22(16)35-13-28-31-32-35/h3-4,6,8,12-13,17-18H,5,7,9-11H2,1-2H3,(H,26,36). The Hall–Kier alpha value is -3.86. The number of aryl methyl sites for hydroxylation is 2. The van der Waals surface area contributed by atoms with Crippen LogP contribution < -0.4 is 10.2 Å². The first-order valence-corrected chi connectivity index (χ1v) is 12.2. The summed E-state index contributed by atoms with van der Waals surface area (Å²) in [7, 11) is 0. The van der Waals surface area contributed by atoms with Crippen molar-refractivity contribution in [2.75, 3.05) is 18.0 Å². The lowest BCUT2D eigenvalue weighted by atomic mass is 10.1. The van der Waals surface area contributed by atoms with Crippen LogP contribution in [0.3, 0.4) is 0 Å². The van der Waals surface area contributed by atoms with E-state index in [4.69, 9.17) is 16.6 Å². The molecule has 12 heteroatoms. The third-order valence-corrected chi connectivity index (χ3v) is 7.17. The minimum atomic E-state index is -0.225. The van der Waals surface area contributed by atoms with E-state index in [0.29, 0.717) is 22.8 Å². The van der Waals surface area contributed by atoms with Crippen LogP contribution in [0, 0.1) is 25.7 Å². The van der Waals surface area contributed by atoms with Gasteiger partial charge in [0, 0.05) is 48.3 Å². The second kappa shape index (κ2) is 8.98. The monoisotopic (exact) mass is 504 g/mol. The quantitative estimate of drug-likeness (QED) is 0.407. The van der Waals surface area contributed by atoms with Gasteiger partial charge in [0.2, 0.25) is 5.95 Å². The van der Waals surface area contributed by atoms with Crippen LogP contribution in [0.2, 0.25) is 5.02 Å². The maximum atomic E-state index is 13.0. The molecule has 2 unspecified atom stereocenters. The number of carbonyl (C=O) groups is 1. The molecule has 4 aromatic rings. The predicted octanol–water partition coefficient (Wildman–Crippen LogP) is 2.35. The van der Waals surface area contributed by atoms with E-state index in [-0.39, 0.29) is 12.5 Å². The molecule has 1 N–H and O–H groups in total. The van der Waals surface area contributed by atoms with Crippen LogP contribution in [-0.2, 0) is 13.1 Å². The van der Waals surface area contributed by atoms with Gasteiger partial charge in [-0.25, -0.2) is 14.6 Å². The molecule has 1 saturated heterocycles. The van der Waals surface area contributed by atoms with Crippen molar-refractivity contribution in [3.05, 3.63) is 70.0 Å². The number of rotatable bonds is 7. The van der Waals surface area contributed by atoms with E-state index < -0.39 is 0 Å². The Labute approximate surface area is 212 Å². The molecule has 0 bridgehead atoms. The van der Waals surface area contributed by atoms with Gasteiger partial charge in [0.15, 0.2) is 0 Å². The highest BCUT2D eigenvalue weighted by atomic mass is 35.5. The van der Waals surface area contributed by atoms with Crippen LogP contribution in [0.5, 0.6) is 0 Å². The number of nitrogens with one attached hydrogen (secondary N) is 1. The molecule has 0 radical (unpaired) electrons. The lowest BCUT2D eigenvalue weighted by molar-refractivity contribution is 0.0950. The molecular weight excluding hydrogens is 480 g/mol. The first kappa shape index (κ1) is 22.6. The molecule has 6 rings (SSSR count). The fourth-order valence-corrected chi connectivity index (χ4v) is 5.00. The number of hydrogen-bond donors (Lipinski definition) is 1. The van der Waals surface area contributed by atoms with Crippen LogP contribution in [0.25, 0.3) is 5.69 Å². The number of tetrazole rings is 1. The van der Waals surface area contributed by atoms with Crippen LogP contribution in [0.15, 0.2) is 36.9 Å². The van der Waals surface area contributed by atoms with Gasteiger partial charge in [0.25, 0.3) is 5.91 Å². The summed E-state index contributed by atoms with van der Waals surface area (Å²) in [5, 5.41) is 19.4. The van der Waals surface area contributed by atoms with E-state index in [1.165, 1.54) is 17.4 Å². The van der Waals surface area contributed by atoms with Crippen molar-refractivity contribution in [1.82, 2.24) is 45.3 Å². The lowest BCUT2D eigenvalue weighted by Gasteiger charge is -2.18. The number of anilines is 1. The summed E-state index contributed by atoms with van der Waals surface area (Å²) in [6, 6.07) is 5.35. The summed E-state index contributed by atoms with van der Waals surface area (Å²) in [4.78, 5) is 24.6. The normalized spacial score (nSPS) is 18.4. The first-order chi connectivity index (χ1) is 17.4. The van der Waals surface area contributed by atoms with E-state index in [9.17, 15) is 4.79 Å². The molecule has 1 aliphatic carbocycles. The molecule has 2 fully saturated rings. The number of halogens is 1. The van der Waals surface area contributed by atoms with Crippen molar-refractivity contribution in [3.63, 3.8) is 0 Å². The van der Waals surface area contributed by atoms with Gasteiger partial charge in [-0.2, -0.15) is 5.10 Å². The number of fused-ring (bicyclic) bond motifs is 1. The van der Waals surface area contributed by atoms with Crippen LogP contribution in [0.4, 0.5) is 5.95 Å². The minimum absolute atomic E-state index is 0.225. The summed E-state index contributed by atoms with van der Waals surface area (Å²) in [6.45, 7) is 6.69. The summed E-state index contributed by atoms with van der Waals surface area (Å²) < 4.78 is 3.29. The molecule has 1 saturated carbocycles. The largest absolute Gasteiger partial charge is 0.348 e. The second-order valence-electron chi connectivity index (χ2n) is 9.48. The average Bonchev–Trinajstić information content (AvgIpc) is 3.25. The van der Waals surface area contributed by atoms with Gasteiger partial charge in [-0.15, -0.1) is 5.10 Å². The summed E-state index contributed by atoms with van der Waals surface area (Å²) in [6.07, 6.45) is 6.47. The van der Waals surface area contributed by atoms with Gasteiger partial charge in [-0.05, 0) is 66.3 Å². The first-order valence-electron chi connectivity index (χ1n) is 11.9. The number of amides is 1. The molecule has 4 heterocycles. The molecule has 11 nitrogen and oxygen atoms in total. The second-order valence-corrected chi connectivity index (χ2v) is 9.91. The molecule has 1 aliphatic heterocycles.